The Bertz CT molecular complexity index is 1070. The molecule has 2 fully saturated rings. The maximum atomic E-state index is 5.40. The highest BCUT2D eigenvalue weighted by Gasteiger charge is 2.23. The van der Waals surface area contributed by atoms with E-state index in [0.717, 1.165) is 31.1 Å². The fourth-order valence-electron chi connectivity index (χ4n) is 3.30. The van der Waals surface area contributed by atoms with Crippen molar-refractivity contribution in [3.8, 4) is 22.6 Å². The molecule has 4 aromatic carbocycles. The Kier molecular flexibility index (Phi) is 15.9. The van der Waals surface area contributed by atoms with Crippen LogP contribution in [0.2, 0.25) is 0 Å². The van der Waals surface area contributed by atoms with Crippen molar-refractivity contribution in [1.29, 1.82) is 0 Å². The summed E-state index contributed by atoms with van der Waals surface area (Å²) in [5, 5.41) is 0. The number of hydrogen-bond acceptors (Lipinski definition) is 4. The summed E-state index contributed by atoms with van der Waals surface area (Å²) in [7, 11) is 0. The van der Waals surface area contributed by atoms with Gasteiger partial charge >= 0.3 is 0 Å². The van der Waals surface area contributed by atoms with Crippen LogP contribution in [0, 0.1) is 0 Å². The Morgan fingerprint density at radius 3 is 1.25 bits per heavy atom. The first-order chi connectivity index (χ1) is 19.2. The highest BCUT2D eigenvalue weighted by atomic mass is 16.6. The van der Waals surface area contributed by atoms with Crippen LogP contribution in [0.5, 0.6) is 11.5 Å². The van der Waals surface area contributed by atoms with Gasteiger partial charge in [0.05, 0.1) is 13.2 Å². The lowest BCUT2D eigenvalue weighted by Crippen LogP contribution is -2.03. The van der Waals surface area contributed by atoms with Crippen molar-refractivity contribution in [2.75, 3.05) is 26.4 Å². The Morgan fingerprint density at radius 1 is 0.550 bits per heavy atom. The van der Waals surface area contributed by atoms with Crippen molar-refractivity contribution in [3.63, 3.8) is 0 Å². The molecule has 0 aliphatic carbocycles. The van der Waals surface area contributed by atoms with Gasteiger partial charge in [-0.3, -0.25) is 0 Å². The minimum atomic E-state index is 0. The van der Waals surface area contributed by atoms with Gasteiger partial charge in [0.25, 0.3) is 0 Å². The highest BCUT2D eigenvalue weighted by molar-refractivity contribution is 5.63. The third kappa shape index (κ3) is 14.0. The van der Waals surface area contributed by atoms with Gasteiger partial charge in [-0.25, -0.2) is 0 Å². The topological polar surface area (TPSA) is 43.5 Å². The average molecular weight is 543 g/mol. The molecule has 214 valence electrons. The van der Waals surface area contributed by atoms with Gasteiger partial charge in [0.15, 0.2) is 0 Å². The average Bonchev–Trinajstić information content (AvgIpc) is 3.94. The van der Waals surface area contributed by atoms with Crippen molar-refractivity contribution in [2.45, 2.75) is 53.2 Å². The van der Waals surface area contributed by atoms with Gasteiger partial charge in [-0.1, -0.05) is 126 Å². The normalized spacial score (nSPS) is 15.7. The van der Waals surface area contributed by atoms with Crippen molar-refractivity contribution in [2.24, 2.45) is 0 Å². The maximum absolute atomic E-state index is 5.40. The van der Waals surface area contributed by atoms with Gasteiger partial charge in [-0.05, 0) is 47.4 Å². The Hall–Kier alpha value is -3.60. The summed E-state index contributed by atoms with van der Waals surface area (Å²) in [5.41, 5.74) is 3.97. The zero-order chi connectivity index (χ0) is 27.5. The summed E-state index contributed by atoms with van der Waals surface area (Å²) in [6, 6.07) is 38.8. The van der Waals surface area contributed by atoms with Crippen molar-refractivity contribution >= 4 is 0 Å². The molecule has 2 aliphatic heterocycles. The third-order valence-electron chi connectivity index (χ3n) is 5.63. The molecule has 4 heteroatoms. The summed E-state index contributed by atoms with van der Waals surface area (Å²) in [6.07, 6.45) is 3.04. The number of rotatable bonds is 8. The second-order valence-corrected chi connectivity index (χ2v) is 9.28. The van der Waals surface area contributed by atoms with Crippen molar-refractivity contribution in [3.05, 3.63) is 121 Å². The monoisotopic (exact) mass is 542 g/mol. The Labute approximate surface area is 241 Å². The standard InChI is InChI=1S/C14H14.2C9H10O2.C3H8.CH4/c1-2-12-8-10-14(11-9-12)13-6-4-3-5-7-13;2*1-2-4-8(5-3-1)10-6-9-7-11-9;1-3-2;/h3-11H,2H2,1H3;2*1-5,9H,6-7H2;3H2,1-2H3;1H4. The summed E-state index contributed by atoms with van der Waals surface area (Å²) in [4.78, 5) is 0. The lowest BCUT2D eigenvalue weighted by Gasteiger charge is -2.02. The second-order valence-electron chi connectivity index (χ2n) is 9.28. The molecule has 2 heterocycles. The number of ether oxygens (including phenoxy) is 4. The van der Waals surface area contributed by atoms with Crippen LogP contribution in [0.25, 0.3) is 11.1 Å². The first-order valence-electron chi connectivity index (χ1n) is 13.9. The van der Waals surface area contributed by atoms with E-state index >= 15 is 0 Å². The van der Waals surface area contributed by atoms with E-state index in [9.17, 15) is 0 Å². The first kappa shape index (κ1) is 32.6. The molecule has 0 saturated carbocycles. The molecule has 2 aliphatic rings. The molecule has 0 aromatic heterocycles. The fraction of sp³-hybridized carbons (Fsp3) is 0.333. The van der Waals surface area contributed by atoms with Crippen LogP contribution in [0.15, 0.2) is 115 Å². The van der Waals surface area contributed by atoms with Crippen LogP contribution in [0.4, 0.5) is 0 Å². The smallest absolute Gasteiger partial charge is 0.119 e. The van der Waals surface area contributed by atoms with Gasteiger partial charge in [-0.2, -0.15) is 0 Å². The summed E-state index contributed by atoms with van der Waals surface area (Å²) in [5.74, 6) is 1.84. The molecule has 2 unspecified atom stereocenters. The minimum absolute atomic E-state index is 0. The highest BCUT2D eigenvalue weighted by Crippen LogP contribution is 2.19. The van der Waals surface area contributed by atoms with Crippen LogP contribution < -0.4 is 9.47 Å². The molecule has 4 aromatic rings. The van der Waals surface area contributed by atoms with Crippen molar-refractivity contribution < 1.29 is 18.9 Å². The molecule has 4 nitrogen and oxygen atoms in total. The molecule has 0 spiro atoms. The van der Waals surface area contributed by atoms with E-state index in [1.54, 1.807) is 0 Å². The molecule has 0 N–H and O–H groups in total. The van der Waals surface area contributed by atoms with E-state index in [4.69, 9.17) is 18.9 Å². The van der Waals surface area contributed by atoms with E-state index in [1.165, 1.54) is 23.1 Å². The molecule has 6 rings (SSSR count). The zero-order valence-electron chi connectivity index (χ0n) is 23.5. The SMILES string of the molecule is C.CCC.CCc1ccc(-c2ccccc2)cc1.c1ccc(OCC2CO2)cc1.c1ccc(OCC2CO2)cc1. The van der Waals surface area contributed by atoms with Gasteiger partial charge in [-0.15, -0.1) is 0 Å². The lowest BCUT2D eigenvalue weighted by atomic mass is 10.0. The molecular formula is C36H46O4. The number of epoxide rings is 2. The van der Waals surface area contributed by atoms with Crippen LogP contribution in [-0.2, 0) is 15.9 Å². The predicted octanol–water partition coefficient (Wildman–Crippen LogP) is 8.90. The lowest BCUT2D eigenvalue weighted by molar-refractivity contribution is 0.263. The molecule has 0 radical (unpaired) electrons. The zero-order valence-corrected chi connectivity index (χ0v) is 23.5. The molecule has 0 bridgehead atoms. The van der Waals surface area contributed by atoms with E-state index < -0.39 is 0 Å². The second kappa shape index (κ2) is 19.5. The van der Waals surface area contributed by atoms with Crippen LogP contribution in [0.1, 0.15) is 40.2 Å². The molecule has 2 saturated heterocycles. The number of para-hydroxylation sites is 2. The number of hydrogen-bond donors (Lipinski definition) is 0. The van der Waals surface area contributed by atoms with Gasteiger partial charge in [0.2, 0.25) is 0 Å². The number of benzene rings is 4. The van der Waals surface area contributed by atoms with Crippen LogP contribution >= 0.6 is 0 Å². The Balaban J connectivity index is 0.000000199. The van der Waals surface area contributed by atoms with Gasteiger partial charge in [0, 0.05) is 0 Å². The molecular weight excluding hydrogens is 496 g/mol. The van der Waals surface area contributed by atoms with Gasteiger partial charge < -0.3 is 18.9 Å². The van der Waals surface area contributed by atoms with E-state index in [1.807, 2.05) is 66.7 Å². The van der Waals surface area contributed by atoms with Crippen molar-refractivity contribution in [1.82, 2.24) is 0 Å². The molecule has 2 atom stereocenters. The first-order valence-corrected chi connectivity index (χ1v) is 13.9. The quantitative estimate of drug-likeness (QED) is 0.209. The summed E-state index contributed by atoms with van der Waals surface area (Å²) >= 11 is 0. The van der Waals surface area contributed by atoms with E-state index in [2.05, 4.69) is 69.3 Å². The Morgan fingerprint density at radius 2 is 0.900 bits per heavy atom. The van der Waals surface area contributed by atoms with Crippen LogP contribution in [-0.4, -0.2) is 38.6 Å². The maximum Gasteiger partial charge on any atom is 0.119 e. The fourth-order valence-corrected chi connectivity index (χ4v) is 3.30. The van der Waals surface area contributed by atoms with E-state index in [0.29, 0.717) is 25.4 Å². The van der Waals surface area contributed by atoms with E-state index in [-0.39, 0.29) is 7.43 Å². The third-order valence-corrected chi connectivity index (χ3v) is 5.63. The predicted molar refractivity (Wildman–Crippen MR) is 167 cm³/mol. The summed E-state index contributed by atoms with van der Waals surface area (Å²) < 4.78 is 20.8. The summed E-state index contributed by atoms with van der Waals surface area (Å²) in [6.45, 7) is 9.51. The van der Waals surface area contributed by atoms with Gasteiger partial charge in [0.1, 0.15) is 36.9 Å². The molecule has 0 amide bonds. The largest absolute Gasteiger partial charge is 0.491 e. The number of aryl methyl sites for hydroxylation is 1. The van der Waals surface area contributed by atoms with Crippen LogP contribution in [0.3, 0.4) is 0 Å². The molecule has 40 heavy (non-hydrogen) atoms. The minimum Gasteiger partial charge on any atom is -0.491 e.